The Morgan fingerprint density at radius 1 is 0.787 bits per heavy atom. The number of rotatable bonds is 13. The van der Waals surface area contributed by atoms with Crippen molar-refractivity contribution in [1.29, 1.82) is 0 Å². The molecule has 0 fully saturated rings. The van der Waals surface area contributed by atoms with Crippen LogP contribution in [-0.4, -0.2) is 55.9 Å². The fourth-order valence-corrected chi connectivity index (χ4v) is 5.19. The predicted molar refractivity (Wildman–Crippen MR) is 181 cm³/mol. The highest BCUT2D eigenvalue weighted by atomic mass is 35.5. The molecular weight excluding hydrogens is 646 g/mol. The molecule has 0 bridgehead atoms. The highest BCUT2D eigenvalue weighted by Gasteiger charge is 2.18. The molecule has 4 N–H and O–H groups in total. The number of halogens is 1. The minimum Gasteiger partial charge on any atom is -0.496 e. The number of anilines is 2. The predicted octanol–water partition coefficient (Wildman–Crippen LogP) is 6.20. The summed E-state index contributed by atoms with van der Waals surface area (Å²) in [4.78, 5) is 51.3. The molecule has 47 heavy (non-hydrogen) atoms. The van der Waals surface area contributed by atoms with Crippen LogP contribution >= 0.6 is 23.4 Å². The summed E-state index contributed by atoms with van der Waals surface area (Å²) in [5.41, 5.74) is 1.28. The van der Waals surface area contributed by atoms with Gasteiger partial charge in [0.05, 0.1) is 37.7 Å². The maximum absolute atomic E-state index is 13.6. The van der Waals surface area contributed by atoms with Gasteiger partial charge in [-0.15, -0.1) is 11.8 Å². The van der Waals surface area contributed by atoms with Gasteiger partial charge in [0.15, 0.2) is 11.5 Å². The fourth-order valence-electron chi connectivity index (χ4n) is 4.24. The first-order valence-corrected chi connectivity index (χ1v) is 15.2. The summed E-state index contributed by atoms with van der Waals surface area (Å²) in [5, 5.41) is 17.5. The maximum Gasteiger partial charge on any atom is 0.337 e. The lowest BCUT2D eigenvalue weighted by molar-refractivity contribution is -0.114. The second kappa shape index (κ2) is 16.2. The van der Waals surface area contributed by atoms with Gasteiger partial charge in [0, 0.05) is 33.5 Å². The molecule has 0 saturated carbocycles. The molecule has 0 spiro atoms. The molecule has 4 aromatic carbocycles. The van der Waals surface area contributed by atoms with Gasteiger partial charge in [-0.3, -0.25) is 14.4 Å². The molecule has 0 aliphatic carbocycles. The summed E-state index contributed by atoms with van der Waals surface area (Å²) < 4.78 is 16.3. The van der Waals surface area contributed by atoms with Gasteiger partial charge >= 0.3 is 5.97 Å². The number of ether oxygens (including phenoxy) is 3. The number of nitrogens with one attached hydrogen (secondary N) is 3. The molecule has 3 amide bonds. The zero-order chi connectivity index (χ0) is 33.9. The Balaban J connectivity index is 1.53. The first-order chi connectivity index (χ1) is 22.6. The summed E-state index contributed by atoms with van der Waals surface area (Å²) in [5.74, 6) is -1.53. The van der Waals surface area contributed by atoms with E-state index in [-0.39, 0.29) is 27.9 Å². The van der Waals surface area contributed by atoms with Gasteiger partial charge < -0.3 is 35.3 Å². The van der Waals surface area contributed by atoms with Crippen molar-refractivity contribution in [2.24, 2.45) is 0 Å². The van der Waals surface area contributed by atoms with Crippen molar-refractivity contribution < 1.29 is 38.5 Å². The molecule has 0 heterocycles. The Morgan fingerprint density at radius 3 is 2.15 bits per heavy atom. The number of aromatic carboxylic acids is 1. The summed E-state index contributed by atoms with van der Waals surface area (Å²) in [6.07, 6.45) is 1.46. The number of carboxylic acids is 1. The number of carboxylic acid groups (broad SMARTS) is 1. The second-order valence-corrected chi connectivity index (χ2v) is 11.1. The number of carbonyl (C=O) groups excluding carboxylic acids is 3. The van der Waals surface area contributed by atoms with Crippen LogP contribution < -0.4 is 30.2 Å². The number of hydrogen-bond donors (Lipinski definition) is 4. The van der Waals surface area contributed by atoms with E-state index < -0.39 is 17.8 Å². The van der Waals surface area contributed by atoms with Gasteiger partial charge in [0.25, 0.3) is 11.8 Å². The minimum absolute atomic E-state index is 0.000185. The largest absolute Gasteiger partial charge is 0.496 e. The summed E-state index contributed by atoms with van der Waals surface area (Å²) in [7, 11) is 4.43. The van der Waals surface area contributed by atoms with E-state index in [0.717, 1.165) is 0 Å². The van der Waals surface area contributed by atoms with E-state index in [4.69, 9.17) is 25.8 Å². The van der Waals surface area contributed by atoms with Crippen molar-refractivity contribution in [3.63, 3.8) is 0 Å². The van der Waals surface area contributed by atoms with Crippen LogP contribution in [0.5, 0.6) is 17.2 Å². The van der Waals surface area contributed by atoms with Gasteiger partial charge in [0.1, 0.15) is 11.4 Å². The average Bonchev–Trinajstić information content (AvgIpc) is 3.08. The molecule has 0 aliphatic rings. The molecule has 13 heteroatoms. The molecule has 0 unspecified atom stereocenters. The smallest absolute Gasteiger partial charge is 0.337 e. The molecule has 4 aromatic rings. The van der Waals surface area contributed by atoms with Gasteiger partial charge in [-0.25, -0.2) is 4.79 Å². The van der Waals surface area contributed by atoms with Crippen LogP contribution in [0.15, 0.2) is 95.5 Å². The van der Waals surface area contributed by atoms with Crippen molar-refractivity contribution in [2.45, 2.75) is 4.90 Å². The lowest BCUT2D eigenvalue weighted by atomic mass is 10.1. The lowest BCUT2D eigenvalue weighted by Gasteiger charge is -2.15. The molecule has 0 saturated heterocycles. The highest BCUT2D eigenvalue weighted by molar-refractivity contribution is 8.00. The van der Waals surface area contributed by atoms with E-state index in [2.05, 4.69) is 16.0 Å². The molecule has 0 radical (unpaired) electrons. The maximum atomic E-state index is 13.6. The van der Waals surface area contributed by atoms with E-state index in [0.29, 0.717) is 44.6 Å². The van der Waals surface area contributed by atoms with Gasteiger partial charge in [-0.2, -0.15) is 0 Å². The molecular formula is C34H30ClN3O8S. The molecule has 0 aliphatic heterocycles. The first-order valence-electron chi connectivity index (χ1n) is 13.9. The van der Waals surface area contributed by atoms with Gasteiger partial charge in [-0.05, 0) is 60.7 Å². The Hall–Kier alpha value is -5.46. The minimum atomic E-state index is -1.21. The first kappa shape index (κ1) is 34.4. The fraction of sp³-hybridized carbons (Fsp3) is 0.118. The third kappa shape index (κ3) is 9.28. The van der Waals surface area contributed by atoms with Crippen LogP contribution in [0.2, 0.25) is 5.02 Å². The lowest BCUT2D eigenvalue weighted by Crippen LogP contribution is -2.30. The van der Waals surface area contributed by atoms with E-state index in [9.17, 15) is 24.3 Å². The molecule has 0 atom stereocenters. The normalized spacial score (nSPS) is 10.9. The Morgan fingerprint density at radius 2 is 1.47 bits per heavy atom. The van der Waals surface area contributed by atoms with Crippen molar-refractivity contribution in [3.05, 3.63) is 112 Å². The number of thioether (sulfide) groups is 1. The van der Waals surface area contributed by atoms with Crippen LogP contribution in [0.1, 0.15) is 26.3 Å². The number of methoxy groups -OCH3 is 3. The van der Waals surface area contributed by atoms with E-state index >= 15 is 0 Å². The number of amides is 3. The third-order valence-corrected chi connectivity index (χ3v) is 7.83. The monoisotopic (exact) mass is 675 g/mol. The van der Waals surface area contributed by atoms with Crippen molar-refractivity contribution in [1.82, 2.24) is 5.32 Å². The van der Waals surface area contributed by atoms with Crippen molar-refractivity contribution in [2.75, 3.05) is 37.7 Å². The van der Waals surface area contributed by atoms with Crippen LogP contribution in [0.3, 0.4) is 0 Å². The van der Waals surface area contributed by atoms with E-state index in [1.54, 1.807) is 66.7 Å². The van der Waals surface area contributed by atoms with Crippen molar-refractivity contribution in [3.8, 4) is 17.2 Å². The summed E-state index contributed by atoms with van der Waals surface area (Å²) in [6.45, 7) is 0. The zero-order valence-corrected chi connectivity index (χ0v) is 27.0. The Bertz CT molecular complexity index is 1830. The van der Waals surface area contributed by atoms with Crippen LogP contribution in [0, 0.1) is 0 Å². The molecule has 242 valence electrons. The quantitative estimate of drug-likeness (QED) is 0.0958. The summed E-state index contributed by atoms with van der Waals surface area (Å²) in [6, 6.07) is 22.7. The van der Waals surface area contributed by atoms with E-state index in [1.807, 2.05) is 0 Å². The Labute approximate surface area is 279 Å². The zero-order valence-electron chi connectivity index (χ0n) is 25.5. The Kier molecular flexibility index (Phi) is 11.9. The molecule has 4 rings (SSSR count). The molecule has 11 nitrogen and oxygen atoms in total. The van der Waals surface area contributed by atoms with Gasteiger partial charge in [0.2, 0.25) is 5.91 Å². The number of benzene rings is 4. The standard InChI is InChI=1S/C34H30ClN3O8S/c1-44-28-18-30(46-3)29(45-2)15-21(28)14-27(38-32(40)20-8-5-4-6-9-20)33(41)37-22-10-7-11-24(16-22)47-19-31(39)36-23-12-13-26(35)25(17-23)34(42)43/h4-18H,19H2,1-3H3,(H,36,39)(H,37,41)(H,38,40)(H,42,43)/b27-14+. The molecule has 0 aromatic heterocycles. The highest BCUT2D eigenvalue weighted by Crippen LogP contribution is 2.35. The SMILES string of the molecule is COc1cc(OC)c(OC)cc1/C=C(/NC(=O)c1ccccc1)C(=O)Nc1cccc(SCC(=O)Nc2ccc(Cl)c(C(=O)O)c2)c1. The van der Waals surface area contributed by atoms with Crippen LogP contribution in [-0.2, 0) is 9.59 Å². The van der Waals surface area contributed by atoms with Crippen molar-refractivity contribution >= 4 is 64.5 Å². The van der Waals surface area contributed by atoms with Gasteiger partial charge in [-0.1, -0.05) is 35.9 Å². The topological polar surface area (TPSA) is 152 Å². The number of carbonyl (C=O) groups is 4. The second-order valence-electron chi connectivity index (χ2n) is 9.65. The number of hydrogen-bond acceptors (Lipinski definition) is 8. The van der Waals surface area contributed by atoms with Crippen LogP contribution in [0.4, 0.5) is 11.4 Å². The third-order valence-electron chi connectivity index (χ3n) is 6.51. The average molecular weight is 676 g/mol. The summed E-state index contributed by atoms with van der Waals surface area (Å²) >= 11 is 7.10. The van der Waals surface area contributed by atoms with Crippen LogP contribution in [0.25, 0.3) is 6.08 Å². The van der Waals surface area contributed by atoms with E-state index in [1.165, 1.54) is 57.4 Å².